The van der Waals surface area contributed by atoms with Crippen LogP contribution in [-0.2, 0) is 0 Å². The normalized spacial score (nSPS) is 24.9. The van der Waals surface area contributed by atoms with Crippen molar-refractivity contribution in [3.63, 3.8) is 0 Å². The van der Waals surface area contributed by atoms with Crippen LogP contribution in [0, 0.1) is 0 Å². The highest BCUT2D eigenvalue weighted by atomic mass is 32.2. The number of unbranched alkanes of at least 4 members (excludes halogenated alkanes) is 2. The van der Waals surface area contributed by atoms with E-state index in [1.54, 1.807) is 0 Å². The van der Waals surface area contributed by atoms with Gasteiger partial charge in [0.2, 0.25) is 0 Å². The molecule has 1 aliphatic rings. The SMILES string of the molecule is CCCCCC(NN)C1CSCCS1. The summed E-state index contributed by atoms with van der Waals surface area (Å²) in [6.07, 6.45) is 5.18. The van der Waals surface area contributed by atoms with Crippen LogP contribution in [-0.4, -0.2) is 28.6 Å². The molecule has 0 amide bonds. The van der Waals surface area contributed by atoms with E-state index < -0.39 is 0 Å². The topological polar surface area (TPSA) is 38.0 Å². The molecule has 1 heterocycles. The third kappa shape index (κ3) is 4.43. The summed E-state index contributed by atoms with van der Waals surface area (Å²) in [7, 11) is 0. The smallest absolute Gasteiger partial charge is 0.0337 e. The third-order valence-electron chi connectivity index (χ3n) is 2.62. The second-order valence-electron chi connectivity index (χ2n) is 3.75. The lowest BCUT2D eigenvalue weighted by Crippen LogP contribution is -2.44. The Kier molecular flexibility index (Phi) is 7.12. The van der Waals surface area contributed by atoms with Gasteiger partial charge in [0.05, 0.1) is 0 Å². The lowest BCUT2D eigenvalue weighted by molar-refractivity contribution is 0.468. The average molecular weight is 234 g/mol. The first-order chi connectivity index (χ1) is 6.88. The van der Waals surface area contributed by atoms with Gasteiger partial charge in [-0.1, -0.05) is 26.2 Å². The molecule has 2 atom stereocenters. The van der Waals surface area contributed by atoms with E-state index in [1.165, 1.54) is 42.9 Å². The van der Waals surface area contributed by atoms with Gasteiger partial charge < -0.3 is 0 Å². The van der Waals surface area contributed by atoms with Gasteiger partial charge in [-0.25, -0.2) is 0 Å². The Morgan fingerprint density at radius 2 is 2.29 bits per heavy atom. The number of hydrogen-bond acceptors (Lipinski definition) is 4. The van der Waals surface area contributed by atoms with Crippen LogP contribution in [0.15, 0.2) is 0 Å². The number of nitrogens with one attached hydrogen (secondary N) is 1. The van der Waals surface area contributed by atoms with Crippen LogP contribution in [0.5, 0.6) is 0 Å². The van der Waals surface area contributed by atoms with Crippen molar-refractivity contribution < 1.29 is 0 Å². The second-order valence-corrected chi connectivity index (χ2v) is 6.25. The average Bonchev–Trinajstić information content (AvgIpc) is 2.26. The molecule has 0 aromatic carbocycles. The van der Waals surface area contributed by atoms with Crippen molar-refractivity contribution in [3.8, 4) is 0 Å². The molecule has 3 N–H and O–H groups in total. The molecule has 4 heteroatoms. The quantitative estimate of drug-likeness (QED) is 0.420. The first-order valence-corrected chi connectivity index (χ1v) is 7.74. The number of nitrogens with two attached hydrogens (primary N) is 1. The molecule has 0 saturated carbocycles. The van der Waals surface area contributed by atoms with Gasteiger partial charge in [-0.15, -0.1) is 0 Å². The van der Waals surface area contributed by atoms with Gasteiger partial charge in [0, 0.05) is 28.6 Å². The Bertz CT molecular complexity index is 138. The Balaban J connectivity index is 2.21. The molecule has 0 spiro atoms. The van der Waals surface area contributed by atoms with Crippen LogP contribution in [0.3, 0.4) is 0 Å². The predicted molar refractivity (Wildman–Crippen MR) is 68.8 cm³/mol. The van der Waals surface area contributed by atoms with Crippen molar-refractivity contribution in [2.75, 3.05) is 17.3 Å². The van der Waals surface area contributed by atoms with E-state index in [4.69, 9.17) is 5.84 Å². The van der Waals surface area contributed by atoms with E-state index in [0.29, 0.717) is 6.04 Å². The van der Waals surface area contributed by atoms with Gasteiger partial charge in [0.25, 0.3) is 0 Å². The monoisotopic (exact) mass is 234 g/mol. The largest absolute Gasteiger partial charge is 0.271 e. The van der Waals surface area contributed by atoms with Crippen molar-refractivity contribution in [2.45, 2.75) is 43.9 Å². The summed E-state index contributed by atoms with van der Waals surface area (Å²) in [6.45, 7) is 2.25. The molecule has 1 fully saturated rings. The van der Waals surface area contributed by atoms with E-state index in [0.717, 1.165) is 5.25 Å². The van der Waals surface area contributed by atoms with Crippen LogP contribution in [0.25, 0.3) is 0 Å². The van der Waals surface area contributed by atoms with Crippen LogP contribution in [0.1, 0.15) is 32.6 Å². The van der Waals surface area contributed by atoms with Gasteiger partial charge in [-0.2, -0.15) is 23.5 Å². The number of hydrazine groups is 1. The summed E-state index contributed by atoms with van der Waals surface area (Å²) >= 11 is 4.16. The van der Waals surface area contributed by atoms with Crippen molar-refractivity contribution >= 4 is 23.5 Å². The Morgan fingerprint density at radius 3 is 2.86 bits per heavy atom. The third-order valence-corrected chi connectivity index (χ3v) is 5.54. The van der Waals surface area contributed by atoms with Crippen molar-refractivity contribution in [1.29, 1.82) is 0 Å². The molecule has 14 heavy (non-hydrogen) atoms. The maximum atomic E-state index is 5.61. The molecule has 0 aromatic heterocycles. The number of rotatable bonds is 6. The molecule has 0 aliphatic carbocycles. The number of hydrogen-bond donors (Lipinski definition) is 2. The van der Waals surface area contributed by atoms with Gasteiger partial charge in [0.1, 0.15) is 0 Å². The lowest BCUT2D eigenvalue weighted by Gasteiger charge is -2.28. The Morgan fingerprint density at radius 1 is 1.43 bits per heavy atom. The van der Waals surface area contributed by atoms with E-state index in [2.05, 4.69) is 35.9 Å². The molecule has 1 rings (SSSR count). The minimum Gasteiger partial charge on any atom is -0.271 e. The Labute approximate surface area is 96.1 Å². The molecule has 2 unspecified atom stereocenters. The zero-order chi connectivity index (χ0) is 10.2. The standard InChI is InChI=1S/C10H22N2S2/c1-2-3-4-5-9(12-11)10-8-13-6-7-14-10/h9-10,12H,2-8,11H2,1H3. The minimum absolute atomic E-state index is 0.527. The predicted octanol–water partition coefficient (Wildman–Crippen LogP) is 2.25. The van der Waals surface area contributed by atoms with E-state index in [-0.39, 0.29) is 0 Å². The summed E-state index contributed by atoms with van der Waals surface area (Å²) < 4.78 is 0. The summed E-state index contributed by atoms with van der Waals surface area (Å²) in [6, 6.07) is 0.527. The van der Waals surface area contributed by atoms with Crippen LogP contribution < -0.4 is 11.3 Å². The molecule has 2 nitrogen and oxygen atoms in total. The summed E-state index contributed by atoms with van der Waals surface area (Å²) in [5.74, 6) is 9.49. The first-order valence-electron chi connectivity index (χ1n) is 5.54. The highest BCUT2D eigenvalue weighted by molar-refractivity contribution is 8.06. The highest BCUT2D eigenvalue weighted by Crippen LogP contribution is 2.28. The van der Waals surface area contributed by atoms with Gasteiger partial charge in [-0.05, 0) is 6.42 Å². The van der Waals surface area contributed by atoms with Crippen molar-refractivity contribution in [1.82, 2.24) is 5.43 Å². The van der Waals surface area contributed by atoms with Crippen molar-refractivity contribution in [3.05, 3.63) is 0 Å². The summed E-state index contributed by atoms with van der Waals surface area (Å²) in [5.41, 5.74) is 3.00. The molecule has 0 radical (unpaired) electrons. The minimum atomic E-state index is 0.527. The molecule has 84 valence electrons. The fourth-order valence-corrected chi connectivity index (χ4v) is 4.64. The van der Waals surface area contributed by atoms with Gasteiger partial charge in [-0.3, -0.25) is 11.3 Å². The Hall–Kier alpha value is 0.620. The van der Waals surface area contributed by atoms with Crippen LogP contribution in [0.2, 0.25) is 0 Å². The van der Waals surface area contributed by atoms with E-state index in [9.17, 15) is 0 Å². The second kappa shape index (κ2) is 7.85. The molecule has 1 saturated heterocycles. The molecule has 0 bridgehead atoms. The fraction of sp³-hybridized carbons (Fsp3) is 1.00. The molecule has 1 aliphatic heterocycles. The van der Waals surface area contributed by atoms with E-state index in [1.807, 2.05) is 0 Å². The maximum absolute atomic E-state index is 5.61. The summed E-state index contributed by atoms with van der Waals surface area (Å²) in [4.78, 5) is 0. The maximum Gasteiger partial charge on any atom is 0.0337 e. The first kappa shape index (κ1) is 12.7. The zero-order valence-electron chi connectivity index (χ0n) is 9.00. The van der Waals surface area contributed by atoms with Crippen LogP contribution in [0.4, 0.5) is 0 Å². The van der Waals surface area contributed by atoms with Gasteiger partial charge in [0.15, 0.2) is 0 Å². The fourth-order valence-electron chi connectivity index (χ4n) is 1.73. The molecule has 0 aromatic rings. The highest BCUT2D eigenvalue weighted by Gasteiger charge is 2.22. The van der Waals surface area contributed by atoms with E-state index >= 15 is 0 Å². The van der Waals surface area contributed by atoms with Gasteiger partial charge >= 0.3 is 0 Å². The lowest BCUT2D eigenvalue weighted by atomic mass is 10.1. The molecular weight excluding hydrogens is 212 g/mol. The van der Waals surface area contributed by atoms with Crippen LogP contribution >= 0.6 is 23.5 Å². The van der Waals surface area contributed by atoms with Crippen molar-refractivity contribution in [2.24, 2.45) is 5.84 Å². The molecular formula is C10H22N2S2. The number of thioether (sulfide) groups is 2. The zero-order valence-corrected chi connectivity index (χ0v) is 10.6. The summed E-state index contributed by atoms with van der Waals surface area (Å²) in [5, 5.41) is 0.732.